The maximum absolute atomic E-state index is 14.8. The molecule has 12 heteroatoms. The summed E-state index contributed by atoms with van der Waals surface area (Å²) >= 11 is 3.74. The number of rotatable bonds is 18. The Morgan fingerprint density at radius 3 is 2.52 bits per heavy atom. The zero-order valence-electron chi connectivity index (χ0n) is 28.4. The Hall–Kier alpha value is -4.00. The maximum Gasteiger partial charge on any atom is 0.306 e. The van der Waals surface area contributed by atoms with E-state index in [1.54, 1.807) is 53.3 Å². The summed E-state index contributed by atoms with van der Waals surface area (Å²) in [5, 5.41) is 12.5. The molecule has 1 unspecified atom stereocenters. The molecule has 3 heterocycles. The number of nitrogens with zero attached hydrogens (tertiary/aromatic N) is 2. The molecule has 2 bridgehead atoms. The van der Waals surface area contributed by atoms with Crippen molar-refractivity contribution in [1.82, 2.24) is 10.2 Å². The maximum atomic E-state index is 14.8. The number of methoxy groups -OCH3 is 1. The van der Waals surface area contributed by atoms with Crippen LogP contribution in [0.3, 0.4) is 0 Å². The summed E-state index contributed by atoms with van der Waals surface area (Å²) in [5.74, 6) is -2.65. The number of unbranched alkanes of at least 4 members (excludes halogenated alkanes) is 2. The Balaban J connectivity index is 1.47. The van der Waals surface area contributed by atoms with E-state index < -0.39 is 47.5 Å². The highest BCUT2D eigenvalue weighted by atomic mass is 79.9. The fourth-order valence-corrected chi connectivity index (χ4v) is 8.47. The highest BCUT2D eigenvalue weighted by Crippen LogP contribution is 2.60. The van der Waals surface area contributed by atoms with Crippen LogP contribution in [0.15, 0.2) is 79.9 Å². The number of nitrogens with one attached hydrogen (secondary N) is 1. The van der Waals surface area contributed by atoms with E-state index in [0.29, 0.717) is 43.5 Å². The number of halogens is 1. The van der Waals surface area contributed by atoms with Crippen LogP contribution in [0.25, 0.3) is 0 Å². The van der Waals surface area contributed by atoms with Gasteiger partial charge in [0.1, 0.15) is 24.0 Å². The van der Waals surface area contributed by atoms with Crippen LogP contribution in [0.1, 0.15) is 50.1 Å². The molecule has 0 saturated carbocycles. The van der Waals surface area contributed by atoms with E-state index in [1.807, 2.05) is 30.3 Å². The average molecular weight is 753 g/mol. The number of aliphatic hydroxyl groups excluding tert-OH is 1. The van der Waals surface area contributed by atoms with Crippen LogP contribution in [0.4, 0.5) is 5.69 Å². The van der Waals surface area contributed by atoms with Crippen LogP contribution in [0.5, 0.6) is 5.75 Å². The number of likely N-dealkylation sites (tertiary alicyclic amines) is 1. The molecule has 3 fully saturated rings. The van der Waals surface area contributed by atoms with Crippen molar-refractivity contribution in [2.45, 2.75) is 67.1 Å². The van der Waals surface area contributed by atoms with Crippen LogP contribution in [-0.2, 0) is 28.7 Å². The lowest BCUT2D eigenvalue weighted by molar-refractivity contribution is -0.145. The standard InChI is InChI=1S/C38H46BrN3O8/c1-4-6-15-30(44)49-24-29(25-13-9-7-10-14-25)40-35(45)31-32-36(46)42(21-11-8-12-22-43)34(38(32)23-28(39)33(31)50-38)37(47)41(20-5-2)26-16-18-27(48-3)19-17-26/h4-5,7,9-10,13-14,16-19,28-29,31-34,43H,1-2,6,8,11-12,15,20-24H2,3H3,(H,40,45)/t28?,29-,31-,32+,33-,34-,38+/m0/s1. The largest absolute Gasteiger partial charge is 0.497 e. The summed E-state index contributed by atoms with van der Waals surface area (Å²) in [4.78, 5) is 59.0. The van der Waals surface area contributed by atoms with E-state index in [-0.39, 0.29) is 49.4 Å². The molecule has 2 aromatic rings. The monoisotopic (exact) mass is 751 g/mol. The smallest absolute Gasteiger partial charge is 0.306 e. The van der Waals surface area contributed by atoms with E-state index in [2.05, 4.69) is 34.4 Å². The first-order valence-electron chi connectivity index (χ1n) is 17.1. The van der Waals surface area contributed by atoms with Gasteiger partial charge in [-0.25, -0.2) is 0 Å². The lowest BCUT2D eigenvalue weighted by Crippen LogP contribution is -2.57. The molecule has 7 atom stereocenters. The molecule has 268 valence electrons. The fraction of sp³-hybridized carbons (Fsp3) is 0.474. The second-order valence-corrected chi connectivity index (χ2v) is 14.1. The zero-order valence-corrected chi connectivity index (χ0v) is 30.0. The van der Waals surface area contributed by atoms with E-state index in [0.717, 1.165) is 5.56 Å². The molecule has 0 aliphatic carbocycles. The van der Waals surface area contributed by atoms with Gasteiger partial charge in [0.2, 0.25) is 11.8 Å². The summed E-state index contributed by atoms with van der Waals surface area (Å²) in [5.41, 5.74) is 0.0771. The Morgan fingerprint density at radius 1 is 1.12 bits per heavy atom. The number of ether oxygens (including phenoxy) is 3. The van der Waals surface area contributed by atoms with Gasteiger partial charge in [0.05, 0.1) is 31.1 Å². The van der Waals surface area contributed by atoms with Crippen LogP contribution in [-0.4, -0.2) is 89.7 Å². The molecule has 3 aliphatic heterocycles. The van der Waals surface area contributed by atoms with Crippen LogP contribution < -0.4 is 15.0 Å². The van der Waals surface area contributed by atoms with Gasteiger partial charge >= 0.3 is 5.97 Å². The fourth-order valence-electron chi connectivity index (χ4n) is 7.52. The molecule has 5 rings (SSSR count). The molecule has 0 aromatic heterocycles. The second-order valence-electron chi connectivity index (χ2n) is 12.9. The molecule has 3 aliphatic rings. The number of allylic oxidation sites excluding steroid dienone is 1. The van der Waals surface area contributed by atoms with E-state index in [9.17, 15) is 24.3 Å². The summed E-state index contributed by atoms with van der Waals surface area (Å²) in [6.07, 6.45) is 5.39. The predicted molar refractivity (Wildman–Crippen MR) is 192 cm³/mol. The number of anilines is 1. The molecule has 3 saturated heterocycles. The number of benzene rings is 2. The van der Waals surface area contributed by atoms with Gasteiger partial charge in [-0.3, -0.25) is 19.2 Å². The Bertz CT molecular complexity index is 1540. The molecule has 11 nitrogen and oxygen atoms in total. The minimum atomic E-state index is -1.27. The lowest BCUT2D eigenvalue weighted by Gasteiger charge is -2.37. The number of carbonyl (C=O) groups excluding carboxylic acids is 4. The predicted octanol–water partition coefficient (Wildman–Crippen LogP) is 4.49. The van der Waals surface area contributed by atoms with Crippen LogP contribution >= 0.6 is 15.9 Å². The Labute approximate surface area is 301 Å². The van der Waals surface area contributed by atoms with Crippen LogP contribution in [0.2, 0.25) is 0 Å². The normalized spacial score (nSPS) is 25.5. The van der Waals surface area contributed by atoms with Crippen molar-refractivity contribution in [2.24, 2.45) is 11.8 Å². The quantitative estimate of drug-likeness (QED) is 0.0986. The average Bonchev–Trinajstić information content (AvgIpc) is 3.73. The number of hydrogen-bond donors (Lipinski definition) is 2. The molecule has 1 spiro atoms. The number of aliphatic hydroxyl groups is 1. The first kappa shape index (κ1) is 37.3. The van der Waals surface area contributed by atoms with Gasteiger partial charge in [0.15, 0.2) is 0 Å². The lowest BCUT2D eigenvalue weighted by atomic mass is 9.70. The third-order valence-corrected chi connectivity index (χ3v) is 10.7. The van der Waals surface area contributed by atoms with Crippen molar-refractivity contribution in [3.05, 3.63) is 85.5 Å². The summed E-state index contributed by atoms with van der Waals surface area (Å²) < 4.78 is 17.6. The van der Waals surface area contributed by atoms with Crippen molar-refractivity contribution >= 4 is 45.3 Å². The van der Waals surface area contributed by atoms with Gasteiger partial charge in [0, 0.05) is 36.6 Å². The number of carbonyl (C=O) groups is 4. The highest BCUT2D eigenvalue weighted by Gasteiger charge is 2.76. The van der Waals surface area contributed by atoms with Crippen LogP contribution in [0, 0.1) is 11.8 Å². The molecule has 0 radical (unpaired) electrons. The van der Waals surface area contributed by atoms with Crippen molar-refractivity contribution in [2.75, 3.05) is 38.3 Å². The molecule has 3 amide bonds. The Morgan fingerprint density at radius 2 is 1.86 bits per heavy atom. The first-order valence-corrected chi connectivity index (χ1v) is 18.0. The second kappa shape index (κ2) is 16.8. The number of fused-ring (bicyclic) bond motifs is 1. The molecule has 50 heavy (non-hydrogen) atoms. The van der Waals surface area contributed by atoms with Gasteiger partial charge in [-0.05, 0) is 61.9 Å². The molecule has 2 aromatic carbocycles. The third kappa shape index (κ3) is 7.52. The van der Waals surface area contributed by atoms with Gasteiger partial charge in [-0.1, -0.05) is 58.4 Å². The summed E-state index contributed by atoms with van der Waals surface area (Å²) in [7, 11) is 1.57. The number of amides is 3. The number of esters is 1. The summed E-state index contributed by atoms with van der Waals surface area (Å²) in [6, 6.07) is 14.6. The van der Waals surface area contributed by atoms with Crippen molar-refractivity contribution < 1.29 is 38.5 Å². The highest BCUT2D eigenvalue weighted by molar-refractivity contribution is 9.09. The first-order chi connectivity index (χ1) is 24.2. The number of hydrogen-bond acceptors (Lipinski definition) is 8. The summed E-state index contributed by atoms with van der Waals surface area (Å²) in [6.45, 7) is 7.90. The van der Waals surface area contributed by atoms with Gasteiger partial charge < -0.3 is 34.4 Å². The number of alkyl halides is 1. The zero-order chi connectivity index (χ0) is 35.8. The van der Waals surface area contributed by atoms with Gasteiger partial charge in [-0.2, -0.15) is 0 Å². The molecular formula is C38H46BrN3O8. The minimum Gasteiger partial charge on any atom is -0.497 e. The van der Waals surface area contributed by atoms with Gasteiger partial charge in [0.25, 0.3) is 5.91 Å². The Kier molecular flexibility index (Phi) is 12.5. The van der Waals surface area contributed by atoms with Gasteiger partial charge in [-0.15, -0.1) is 13.2 Å². The van der Waals surface area contributed by atoms with Crippen molar-refractivity contribution in [3.8, 4) is 5.75 Å². The van der Waals surface area contributed by atoms with E-state index >= 15 is 0 Å². The van der Waals surface area contributed by atoms with E-state index in [4.69, 9.17) is 14.2 Å². The molecule has 2 N–H and O–H groups in total. The third-order valence-electron chi connectivity index (χ3n) is 9.83. The molecular weight excluding hydrogens is 706 g/mol. The van der Waals surface area contributed by atoms with Crippen molar-refractivity contribution in [1.29, 1.82) is 0 Å². The topological polar surface area (TPSA) is 135 Å². The SMILES string of the molecule is C=CCCC(=O)OC[C@H](NC(=O)[C@@H]1[C@H]2O[C@@]3(CC2Br)[C@H](C(=O)N(CC=C)c2ccc(OC)cc2)N(CCCCCO)C(=O)[C@@H]13)c1ccccc1. The van der Waals surface area contributed by atoms with E-state index in [1.165, 1.54) is 0 Å². The minimum absolute atomic E-state index is 0.0257. The van der Waals surface area contributed by atoms with Crippen molar-refractivity contribution in [3.63, 3.8) is 0 Å².